The number of pyridine rings is 1. The zero-order valence-electron chi connectivity index (χ0n) is 24.7. The summed E-state index contributed by atoms with van der Waals surface area (Å²) in [6.07, 6.45) is 3.61. The summed E-state index contributed by atoms with van der Waals surface area (Å²) >= 11 is 1.52. The highest BCUT2D eigenvalue weighted by Crippen LogP contribution is 2.46. The molecule has 2 unspecified atom stereocenters. The van der Waals surface area contributed by atoms with Gasteiger partial charge < -0.3 is 20.4 Å². The number of nitrogens with zero attached hydrogens (tertiary/aromatic N) is 7. The molecule has 2 aromatic heterocycles. The number of aryl methyl sites for hydroxylation is 1. The largest absolute Gasteiger partial charge is 0.389 e. The first-order chi connectivity index (χ1) is 19.7. The van der Waals surface area contributed by atoms with Crippen molar-refractivity contribution in [3.8, 4) is 12.0 Å². The zero-order chi connectivity index (χ0) is 29.3. The third kappa shape index (κ3) is 5.58. The predicted octanol–water partition coefficient (Wildman–Crippen LogP) is 4.59. The van der Waals surface area contributed by atoms with E-state index in [1.165, 1.54) is 11.3 Å². The molecular weight excluding hydrogens is 529 g/mol. The van der Waals surface area contributed by atoms with Crippen molar-refractivity contribution >= 4 is 46.1 Å². The van der Waals surface area contributed by atoms with Crippen LogP contribution < -0.4 is 15.5 Å². The molecule has 9 nitrogen and oxygen atoms in total. The van der Waals surface area contributed by atoms with E-state index in [1.54, 1.807) is 0 Å². The van der Waals surface area contributed by atoms with Gasteiger partial charge in [-0.3, -0.25) is 5.41 Å². The van der Waals surface area contributed by atoms with Crippen molar-refractivity contribution in [2.24, 2.45) is 4.99 Å². The lowest BCUT2D eigenvalue weighted by Crippen LogP contribution is -2.46. The molecule has 3 aliphatic rings. The van der Waals surface area contributed by atoms with Gasteiger partial charge in [-0.1, -0.05) is 20.8 Å². The highest BCUT2D eigenvalue weighted by atomic mass is 32.1. The fraction of sp³-hybridized carbons (Fsp3) is 0.567. The summed E-state index contributed by atoms with van der Waals surface area (Å²) in [7, 11) is 0. The number of amidine groups is 1. The molecule has 2 saturated heterocycles. The number of nitrogens with one attached hydrogen (secondary N) is 1. The van der Waals surface area contributed by atoms with Crippen LogP contribution >= 0.6 is 11.3 Å². The Kier molecular flexibility index (Phi) is 8.40. The van der Waals surface area contributed by atoms with Crippen molar-refractivity contribution in [2.45, 2.75) is 64.5 Å². The summed E-state index contributed by atoms with van der Waals surface area (Å²) in [5.41, 5.74) is 9.74. The summed E-state index contributed by atoms with van der Waals surface area (Å²) in [5, 5.41) is 29.1. The fourth-order valence-corrected chi connectivity index (χ4v) is 7.83. The van der Waals surface area contributed by atoms with Crippen LogP contribution in [0, 0.1) is 28.0 Å². The molecule has 0 bridgehead atoms. The molecule has 3 N–H and O–H groups in total. The van der Waals surface area contributed by atoms with Crippen LogP contribution in [0.5, 0.6) is 0 Å². The predicted molar refractivity (Wildman–Crippen MR) is 170 cm³/mol. The first kappa shape index (κ1) is 29.1. The number of piperazine rings is 1. The smallest absolute Gasteiger partial charge is 0.274 e. The number of hydrogen-bond acceptors (Lipinski definition) is 9. The SMILES string of the molecule is CCN1CCN(c2cc(N3CCB(C#N)C(C)C3)cc(C(=N)N=C(C)C3(C)CCCc4sc(N)c(C#N)c43)n2)CC1. The average Bonchev–Trinajstić information content (AvgIpc) is 3.33. The lowest BCUT2D eigenvalue weighted by atomic mass is 9.39. The van der Waals surface area contributed by atoms with E-state index in [9.17, 15) is 10.5 Å². The van der Waals surface area contributed by atoms with Crippen LogP contribution in [0.1, 0.15) is 62.2 Å². The first-order valence-corrected chi connectivity index (χ1v) is 15.6. The third-order valence-corrected chi connectivity index (χ3v) is 10.5. The van der Waals surface area contributed by atoms with Gasteiger partial charge in [-0.05, 0) is 56.5 Å². The molecule has 0 amide bonds. The van der Waals surface area contributed by atoms with E-state index in [-0.39, 0.29) is 18.4 Å². The quantitative estimate of drug-likeness (QED) is 0.306. The Bertz CT molecular complexity index is 1430. The molecular formula is C30H40BN9S. The minimum absolute atomic E-state index is 0.0743. The van der Waals surface area contributed by atoms with Crippen LogP contribution in [-0.4, -0.2) is 74.0 Å². The molecule has 4 heterocycles. The number of aliphatic imine (C=N–C) groups is 1. The second kappa shape index (κ2) is 11.8. The maximum Gasteiger partial charge on any atom is 0.274 e. The lowest BCUT2D eigenvalue weighted by molar-refractivity contribution is 0.270. The molecule has 5 rings (SSSR count). The Morgan fingerprint density at radius 2 is 2.00 bits per heavy atom. The molecule has 11 heteroatoms. The number of thiophene rings is 1. The standard InChI is InChI=1S/C30H40BN9S/c1-5-38-11-13-39(14-12-38)26-16-22(40-10-9-31(19-33)20(2)18-40)15-24(37-26)28(34)36-21(3)30(4)8-6-7-25-27(30)23(17-32)29(35)41-25/h15-16,20,34H,5-14,18,35H2,1-4H3. The average molecular weight is 570 g/mol. The van der Waals surface area contributed by atoms with Gasteiger partial charge in [-0.15, -0.1) is 11.3 Å². The number of fused-ring (bicyclic) bond motifs is 1. The molecule has 2 fully saturated rings. The maximum absolute atomic E-state index is 9.88. The fourth-order valence-electron chi connectivity index (χ4n) is 6.64. The molecule has 0 radical (unpaired) electrons. The second-order valence-electron chi connectivity index (χ2n) is 11.9. The Morgan fingerprint density at radius 3 is 2.66 bits per heavy atom. The van der Waals surface area contributed by atoms with Crippen molar-refractivity contribution in [2.75, 3.05) is 61.3 Å². The minimum atomic E-state index is -0.454. The van der Waals surface area contributed by atoms with Crippen molar-refractivity contribution < 1.29 is 0 Å². The molecule has 0 saturated carbocycles. The van der Waals surface area contributed by atoms with Gasteiger partial charge in [0.1, 0.15) is 22.6 Å². The van der Waals surface area contributed by atoms with Crippen LogP contribution in [0.2, 0.25) is 12.1 Å². The van der Waals surface area contributed by atoms with Crippen LogP contribution in [-0.2, 0) is 11.8 Å². The zero-order valence-corrected chi connectivity index (χ0v) is 25.5. The molecule has 0 aromatic carbocycles. The van der Waals surface area contributed by atoms with E-state index in [2.05, 4.69) is 53.6 Å². The number of nitrogen functional groups attached to an aromatic ring is 1. The van der Waals surface area contributed by atoms with E-state index in [0.717, 1.165) is 99.1 Å². The van der Waals surface area contributed by atoms with Crippen molar-refractivity contribution in [3.63, 3.8) is 0 Å². The van der Waals surface area contributed by atoms with E-state index in [1.807, 2.05) is 13.0 Å². The Hall–Kier alpha value is -3.41. The van der Waals surface area contributed by atoms with Crippen molar-refractivity contribution in [1.29, 1.82) is 15.9 Å². The van der Waals surface area contributed by atoms with Crippen LogP contribution in [0.3, 0.4) is 0 Å². The van der Waals surface area contributed by atoms with Gasteiger partial charge in [-0.25, -0.2) is 15.2 Å². The van der Waals surface area contributed by atoms with Gasteiger partial charge in [0.05, 0.1) is 5.56 Å². The molecule has 0 spiro atoms. The number of aromatic nitrogens is 1. The first-order valence-electron chi connectivity index (χ1n) is 14.8. The van der Waals surface area contributed by atoms with E-state index in [0.29, 0.717) is 16.3 Å². The van der Waals surface area contributed by atoms with Crippen molar-refractivity contribution in [1.82, 2.24) is 9.88 Å². The van der Waals surface area contributed by atoms with Gasteiger partial charge >= 0.3 is 0 Å². The summed E-state index contributed by atoms with van der Waals surface area (Å²) < 4.78 is 0. The van der Waals surface area contributed by atoms with Crippen molar-refractivity contribution in [3.05, 3.63) is 33.8 Å². The van der Waals surface area contributed by atoms with Crippen LogP contribution in [0.25, 0.3) is 0 Å². The number of anilines is 3. The Balaban J connectivity index is 1.50. The molecule has 2 aromatic rings. The number of likely N-dealkylation sites (N-methyl/N-ethyl adjacent to an activating group) is 1. The highest BCUT2D eigenvalue weighted by molar-refractivity contribution is 7.16. The number of nitrogens with two attached hydrogens (primary N) is 1. The highest BCUT2D eigenvalue weighted by Gasteiger charge is 2.40. The molecule has 2 atom stereocenters. The summed E-state index contributed by atoms with van der Waals surface area (Å²) in [6.45, 7) is 14.9. The van der Waals surface area contributed by atoms with Gasteiger partial charge in [0.25, 0.3) is 6.71 Å². The topological polar surface area (TPSA) is 132 Å². The number of nitriles is 2. The van der Waals surface area contributed by atoms with E-state index < -0.39 is 5.41 Å². The Morgan fingerprint density at radius 1 is 1.24 bits per heavy atom. The monoisotopic (exact) mass is 569 g/mol. The van der Waals surface area contributed by atoms with E-state index >= 15 is 0 Å². The Labute approximate surface area is 248 Å². The molecule has 1 aliphatic carbocycles. The van der Waals surface area contributed by atoms with E-state index in [4.69, 9.17) is 21.1 Å². The third-order valence-electron chi connectivity index (χ3n) is 9.45. The van der Waals surface area contributed by atoms with Crippen LogP contribution in [0.4, 0.5) is 16.5 Å². The van der Waals surface area contributed by atoms with Gasteiger partial charge in [0.2, 0.25) is 0 Å². The summed E-state index contributed by atoms with van der Waals surface area (Å²) in [6, 6.07) is 6.47. The van der Waals surface area contributed by atoms with Crippen LogP contribution in [0.15, 0.2) is 17.1 Å². The normalized spacial score (nSPS) is 23.6. The number of rotatable bonds is 5. The summed E-state index contributed by atoms with van der Waals surface area (Å²) in [4.78, 5) is 18.1. The molecule has 214 valence electrons. The molecule has 2 aliphatic heterocycles. The minimum Gasteiger partial charge on any atom is -0.389 e. The lowest BCUT2D eigenvalue weighted by Gasteiger charge is -2.37. The summed E-state index contributed by atoms with van der Waals surface area (Å²) in [5.74, 6) is 3.75. The molecule has 41 heavy (non-hydrogen) atoms. The van der Waals surface area contributed by atoms with Gasteiger partial charge in [0.15, 0.2) is 5.84 Å². The number of hydrogen-bond donors (Lipinski definition) is 2. The van der Waals surface area contributed by atoms with Gasteiger partial charge in [-0.2, -0.15) is 5.26 Å². The maximum atomic E-state index is 9.88. The van der Waals surface area contributed by atoms with Gasteiger partial charge in [0, 0.05) is 73.0 Å². The second-order valence-corrected chi connectivity index (χ2v) is 13.1.